The Morgan fingerprint density at radius 2 is 1.89 bits per heavy atom. The van der Waals surface area contributed by atoms with Gasteiger partial charge in [-0.2, -0.15) is 8.78 Å². The third kappa shape index (κ3) is 6.04. The highest BCUT2D eigenvalue weighted by molar-refractivity contribution is 5.81. The number of alkyl halides is 2. The second-order valence-electron chi connectivity index (χ2n) is 8.74. The predicted molar refractivity (Wildman–Crippen MR) is 125 cm³/mol. The first-order valence-corrected chi connectivity index (χ1v) is 11.2. The van der Waals surface area contributed by atoms with Crippen molar-refractivity contribution in [1.82, 2.24) is 14.1 Å². The lowest BCUT2D eigenvalue weighted by atomic mass is 9.97. The molecule has 0 aliphatic carbocycles. The second-order valence-corrected chi connectivity index (χ2v) is 8.74. The van der Waals surface area contributed by atoms with Crippen LogP contribution in [0.25, 0.3) is 11.0 Å². The van der Waals surface area contributed by atoms with E-state index in [1.807, 2.05) is 13.8 Å². The maximum absolute atomic E-state index is 13.4. The maximum Gasteiger partial charge on any atom is 0.394 e. The van der Waals surface area contributed by atoms with Crippen molar-refractivity contribution in [2.24, 2.45) is 13.0 Å². The number of ether oxygens (including phenoxy) is 2. The third-order valence-electron chi connectivity index (χ3n) is 5.26. The number of fused-ring (bicyclic) bond motifs is 1. The van der Waals surface area contributed by atoms with Crippen LogP contribution in [-0.2, 0) is 13.6 Å². The summed E-state index contributed by atoms with van der Waals surface area (Å²) in [6, 6.07) is 5.55. The Labute approximate surface area is 200 Å². The van der Waals surface area contributed by atoms with Crippen LogP contribution in [0.4, 0.5) is 8.78 Å². The Morgan fingerprint density at radius 1 is 1.20 bits per heavy atom. The van der Waals surface area contributed by atoms with Crippen LogP contribution < -0.4 is 20.7 Å². The number of aromatic nitrogens is 3. The molecule has 35 heavy (non-hydrogen) atoms. The van der Waals surface area contributed by atoms with E-state index in [2.05, 4.69) is 9.72 Å². The molecule has 2 N–H and O–H groups in total. The van der Waals surface area contributed by atoms with Gasteiger partial charge in [0.05, 0.1) is 17.7 Å². The number of nitrogens with zero attached hydrogens (tertiary/aromatic N) is 3. The molecule has 0 saturated carbocycles. The highest BCUT2D eigenvalue weighted by Crippen LogP contribution is 2.36. The fourth-order valence-electron chi connectivity index (χ4n) is 3.79. The molecule has 0 fully saturated rings. The first-order valence-electron chi connectivity index (χ1n) is 11.2. The first-order chi connectivity index (χ1) is 16.4. The number of halogens is 2. The van der Waals surface area contributed by atoms with Crippen molar-refractivity contribution < 1.29 is 28.5 Å². The Kier molecular flexibility index (Phi) is 7.91. The normalized spacial score (nSPS) is 12.8. The zero-order chi connectivity index (χ0) is 25.9. The van der Waals surface area contributed by atoms with Crippen LogP contribution in [0.2, 0.25) is 0 Å². The fraction of sp³-hybridized carbons (Fsp3) is 0.458. The summed E-state index contributed by atoms with van der Waals surface area (Å²) < 4.78 is 39.2. The maximum atomic E-state index is 13.4. The van der Waals surface area contributed by atoms with Crippen LogP contribution >= 0.6 is 0 Å². The standard InChI is InChI=1S/C24H29F2N3O6/c1-14(2)11-17(31)19-18(34-15-7-5-8-16(12-15)35-24(3,25)26)13-27-21-20(19)22(32)29(9-6-10-30)23(33)28(21)4/h5,7-8,12-14,17,30-31H,6,9-11H2,1-4H3. The molecule has 0 spiro atoms. The van der Waals surface area contributed by atoms with Crippen molar-refractivity contribution in [2.75, 3.05) is 6.61 Å². The first kappa shape index (κ1) is 26.3. The summed E-state index contributed by atoms with van der Waals surface area (Å²) in [6.45, 7) is 4.17. The lowest BCUT2D eigenvalue weighted by Crippen LogP contribution is -2.40. The average Bonchev–Trinajstić information content (AvgIpc) is 2.76. The van der Waals surface area contributed by atoms with E-state index >= 15 is 0 Å². The van der Waals surface area contributed by atoms with Gasteiger partial charge >= 0.3 is 11.8 Å². The molecule has 1 aromatic carbocycles. The summed E-state index contributed by atoms with van der Waals surface area (Å²) in [4.78, 5) is 30.4. The topological polar surface area (TPSA) is 116 Å². The lowest BCUT2D eigenvalue weighted by molar-refractivity contribution is -0.159. The predicted octanol–water partition coefficient (Wildman–Crippen LogP) is 3.34. The van der Waals surface area contributed by atoms with Crippen LogP contribution in [0, 0.1) is 5.92 Å². The van der Waals surface area contributed by atoms with Gasteiger partial charge in [-0.1, -0.05) is 19.9 Å². The van der Waals surface area contributed by atoms with Crippen molar-refractivity contribution >= 4 is 11.0 Å². The minimum atomic E-state index is -3.40. The summed E-state index contributed by atoms with van der Waals surface area (Å²) in [7, 11) is 1.46. The molecule has 2 heterocycles. The molecule has 9 nitrogen and oxygen atoms in total. The van der Waals surface area contributed by atoms with Crippen LogP contribution in [-0.4, -0.2) is 37.0 Å². The van der Waals surface area contributed by atoms with E-state index in [4.69, 9.17) is 4.74 Å². The average molecular weight is 494 g/mol. The van der Waals surface area contributed by atoms with Crippen LogP contribution in [0.15, 0.2) is 40.1 Å². The van der Waals surface area contributed by atoms with Gasteiger partial charge in [-0.25, -0.2) is 9.78 Å². The van der Waals surface area contributed by atoms with Gasteiger partial charge in [0.2, 0.25) is 0 Å². The molecule has 0 bridgehead atoms. The van der Waals surface area contributed by atoms with Gasteiger partial charge in [0.15, 0.2) is 5.75 Å². The second kappa shape index (κ2) is 10.5. The van der Waals surface area contributed by atoms with Crippen molar-refractivity contribution in [2.45, 2.75) is 52.4 Å². The largest absolute Gasteiger partial charge is 0.455 e. The summed E-state index contributed by atoms with van der Waals surface area (Å²) >= 11 is 0. The van der Waals surface area contributed by atoms with Gasteiger partial charge in [-0.3, -0.25) is 13.9 Å². The van der Waals surface area contributed by atoms with Crippen molar-refractivity contribution in [1.29, 1.82) is 0 Å². The number of aryl methyl sites for hydroxylation is 1. The van der Waals surface area contributed by atoms with E-state index < -0.39 is 23.5 Å². The summed E-state index contributed by atoms with van der Waals surface area (Å²) in [5.41, 5.74) is -1.08. The molecule has 3 aromatic rings. The SMILES string of the molecule is CC(C)CC(O)c1c(Oc2cccc(OC(C)(F)F)c2)cnc2c1c(=O)n(CCCO)c(=O)n2C. The molecule has 190 valence electrons. The number of hydrogen-bond acceptors (Lipinski definition) is 7. The Morgan fingerprint density at radius 3 is 2.51 bits per heavy atom. The van der Waals surface area contributed by atoms with Gasteiger partial charge in [0.25, 0.3) is 5.56 Å². The molecule has 0 aliphatic heterocycles. The molecule has 0 aliphatic rings. The van der Waals surface area contributed by atoms with Crippen LogP contribution in [0.1, 0.15) is 45.3 Å². The molecule has 3 rings (SSSR count). The van der Waals surface area contributed by atoms with Gasteiger partial charge in [-0.05, 0) is 30.9 Å². The Balaban J connectivity index is 2.23. The zero-order valence-electron chi connectivity index (χ0n) is 20.0. The van der Waals surface area contributed by atoms with Crippen molar-refractivity contribution in [3.8, 4) is 17.2 Å². The number of rotatable bonds is 10. The molecule has 2 aromatic heterocycles. The quantitative estimate of drug-likeness (QED) is 0.445. The number of hydrogen-bond donors (Lipinski definition) is 2. The van der Waals surface area contributed by atoms with Gasteiger partial charge in [0, 0.05) is 38.8 Å². The summed E-state index contributed by atoms with van der Waals surface area (Å²) in [5, 5.41) is 20.3. The fourth-order valence-corrected chi connectivity index (χ4v) is 3.79. The Hall–Kier alpha value is -3.31. The van der Waals surface area contributed by atoms with E-state index in [1.54, 1.807) is 0 Å². The van der Waals surface area contributed by atoms with E-state index in [1.165, 1.54) is 42.1 Å². The van der Waals surface area contributed by atoms with Crippen LogP contribution in [0.5, 0.6) is 17.2 Å². The van der Waals surface area contributed by atoms with E-state index in [0.29, 0.717) is 6.92 Å². The van der Waals surface area contributed by atoms with E-state index in [0.717, 1.165) is 4.57 Å². The zero-order valence-corrected chi connectivity index (χ0v) is 20.0. The van der Waals surface area contributed by atoms with E-state index in [-0.39, 0.29) is 65.8 Å². The highest BCUT2D eigenvalue weighted by Gasteiger charge is 2.26. The van der Waals surface area contributed by atoms with Gasteiger partial charge in [-0.15, -0.1) is 0 Å². The number of pyridine rings is 1. The minimum Gasteiger partial charge on any atom is -0.455 e. The van der Waals surface area contributed by atoms with Crippen molar-refractivity contribution in [3.05, 3.63) is 56.9 Å². The number of aliphatic hydroxyl groups excluding tert-OH is 2. The molecular formula is C24H29F2N3O6. The molecule has 11 heteroatoms. The third-order valence-corrected chi connectivity index (χ3v) is 5.26. The van der Waals surface area contributed by atoms with E-state index in [9.17, 15) is 28.6 Å². The smallest absolute Gasteiger partial charge is 0.394 e. The molecule has 1 unspecified atom stereocenters. The number of aliphatic hydroxyl groups is 2. The molecule has 1 atom stereocenters. The molecule has 0 saturated heterocycles. The van der Waals surface area contributed by atoms with Gasteiger partial charge < -0.3 is 19.7 Å². The number of benzene rings is 1. The summed E-state index contributed by atoms with van der Waals surface area (Å²) in [5.74, 6) is 0.0716. The molecule has 0 radical (unpaired) electrons. The highest BCUT2D eigenvalue weighted by atomic mass is 19.3. The minimum absolute atomic E-state index is 0.00295. The monoisotopic (exact) mass is 493 g/mol. The van der Waals surface area contributed by atoms with Gasteiger partial charge in [0.1, 0.15) is 17.1 Å². The summed E-state index contributed by atoms with van der Waals surface area (Å²) in [6.07, 6.45) is -2.80. The van der Waals surface area contributed by atoms with Crippen molar-refractivity contribution in [3.63, 3.8) is 0 Å². The molecule has 0 amide bonds. The molecular weight excluding hydrogens is 464 g/mol. The van der Waals surface area contributed by atoms with Crippen LogP contribution in [0.3, 0.4) is 0 Å². The Bertz CT molecular complexity index is 1310. The lowest BCUT2D eigenvalue weighted by Gasteiger charge is -2.21.